The zero-order chi connectivity index (χ0) is 27.7. The van der Waals surface area contributed by atoms with Crippen LogP contribution in [-0.2, 0) is 7.05 Å². The van der Waals surface area contributed by atoms with Gasteiger partial charge < -0.3 is 9.47 Å². The molecule has 0 aliphatic carbocycles. The lowest BCUT2D eigenvalue weighted by atomic mass is 9.92. The van der Waals surface area contributed by atoms with Gasteiger partial charge in [0.15, 0.2) is 0 Å². The van der Waals surface area contributed by atoms with Crippen LogP contribution in [0.3, 0.4) is 0 Å². The van der Waals surface area contributed by atoms with Gasteiger partial charge in [0, 0.05) is 38.3 Å². The van der Waals surface area contributed by atoms with E-state index in [0.29, 0.717) is 35.4 Å². The van der Waals surface area contributed by atoms with Gasteiger partial charge in [-0.25, -0.2) is 9.37 Å². The molecule has 0 radical (unpaired) electrons. The van der Waals surface area contributed by atoms with Gasteiger partial charge in [0.2, 0.25) is 0 Å². The quantitative estimate of drug-likeness (QED) is 0.372. The highest BCUT2D eigenvalue weighted by Gasteiger charge is 2.37. The van der Waals surface area contributed by atoms with Crippen molar-refractivity contribution < 1.29 is 4.39 Å². The molecule has 0 spiro atoms. The van der Waals surface area contributed by atoms with Crippen molar-refractivity contribution in [1.82, 2.24) is 14.5 Å². The summed E-state index contributed by atoms with van der Waals surface area (Å²) in [5.74, 6) is -0.289. The van der Waals surface area contributed by atoms with Crippen LogP contribution in [-0.4, -0.2) is 39.6 Å². The first kappa shape index (κ1) is 26.1. The van der Waals surface area contributed by atoms with Gasteiger partial charge in [0.05, 0.1) is 28.9 Å². The number of hydrogen-bond donors (Lipinski definition) is 0. The largest absolute Gasteiger partial charge is 0.364 e. The zero-order valence-corrected chi connectivity index (χ0v) is 22.2. The van der Waals surface area contributed by atoms with Gasteiger partial charge in [0.1, 0.15) is 23.1 Å². The zero-order valence-electron chi connectivity index (χ0n) is 22.2. The van der Waals surface area contributed by atoms with E-state index in [1.807, 2.05) is 36.4 Å². The van der Waals surface area contributed by atoms with Crippen molar-refractivity contribution >= 4 is 16.7 Å². The van der Waals surface area contributed by atoms with Crippen molar-refractivity contribution in [3.8, 4) is 12.1 Å². The number of nitriles is 2. The van der Waals surface area contributed by atoms with E-state index < -0.39 is 0 Å². The Balaban J connectivity index is 1.58. The number of aromatic nitrogens is 2. The molecule has 8 heteroatoms. The van der Waals surface area contributed by atoms with E-state index in [0.717, 1.165) is 23.2 Å². The van der Waals surface area contributed by atoms with Crippen molar-refractivity contribution in [2.75, 3.05) is 18.0 Å². The monoisotopic (exact) mass is 520 g/mol. The topological polar surface area (TPSA) is 89.0 Å². The SMILES string of the molecule is CC[C@H]1CN(C(c2ccc(F)cc2)c2ccc(C#N)cc2)[C@H](C)CN1c1cc(=O)n(C)c2ccc(C#N)nc12. The average Bonchev–Trinajstić information content (AvgIpc) is 2.96. The second kappa shape index (κ2) is 10.7. The van der Waals surface area contributed by atoms with E-state index in [-0.39, 0.29) is 29.5 Å². The normalized spacial score (nSPS) is 18.5. The molecular weight excluding hydrogens is 491 g/mol. The highest BCUT2D eigenvalue weighted by molar-refractivity contribution is 5.89. The van der Waals surface area contributed by atoms with Crippen LogP contribution in [0.4, 0.5) is 10.1 Å². The number of aryl methyl sites for hydroxylation is 1. The predicted molar refractivity (Wildman–Crippen MR) is 149 cm³/mol. The summed E-state index contributed by atoms with van der Waals surface area (Å²) in [4.78, 5) is 22.2. The number of pyridine rings is 2. The van der Waals surface area contributed by atoms with Gasteiger partial charge in [-0.05, 0) is 60.9 Å². The van der Waals surface area contributed by atoms with Crippen LogP contribution in [0.5, 0.6) is 0 Å². The minimum atomic E-state index is -0.289. The molecule has 0 bridgehead atoms. The van der Waals surface area contributed by atoms with Crippen LogP contribution in [0.1, 0.15) is 48.7 Å². The summed E-state index contributed by atoms with van der Waals surface area (Å²) < 4.78 is 15.4. The van der Waals surface area contributed by atoms with Crippen LogP contribution in [0, 0.1) is 28.5 Å². The number of piperazine rings is 1. The Morgan fingerprint density at radius 1 is 1.00 bits per heavy atom. The van der Waals surface area contributed by atoms with E-state index >= 15 is 0 Å². The maximum atomic E-state index is 13.9. The number of fused-ring (bicyclic) bond motifs is 1. The Labute approximate surface area is 227 Å². The highest BCUT2D eigenvalue weighted by atomic mass is 19.1. The van der Waals surface area contributed by atoms with E-state index in [9.17, 15) is 19.7 Å². The number of hydrogen-bond acceptors (Lipinski definition) is 6. The Kier molecular flexibility index (Phi) is 7.15. The van der Waals surface area contributed by atoms with E-state index in [1.54, 1.807) is 29.8 Å². The average molecular weight is 521 g/mol. The Morgan fingerprint density at radius 2 is 1.67 bits per heavy atom. The van der Waals surface area contributed by atoms with Crippen molar-refractivity contribution in [2.45, 2.75) is 38.4 Å². The van der Waals surface area contributed by atoms with Gasteiger partial charge >= 0.3 is 0 Å². The number of rotatable bonds is 5. The highest BCUT2D eigenvalue weighted by Crippen LogP contribution is 2.36. The first-order chi connectivity index (χ1) is 18.8. The van der Waals surface area contributed by atoms with Gasteiger partial charge in [-0.1, -0.05) is 31.2 Å². The second-order valence-electron chi connectivity index (χ2n) is 10.1. The van der Waals surface area contributed by atoms with Crippen LogP contribution in [0.15, 0.2) is 71.5 Å². The summed E-state index contributed by atoms with van der Waals surface area (Å²) in [5, 5.41) is 18.8. The van der Waals surface area contributed by atoms with Gasteiger partial charge in [-0.2, -0.15) is 10.5 Å². The summed E-state index contributed by atoms with van der Waals surface area (Å²) in [5.41, 5.74) is 4.81. The first-order valence-electron chi connectivity index (χ1n) is 13.0. The molecule has 5 rings (SSSR count). The molecule has 3 atom stereocenters. The molecule has 39 heavy (non-hydrogen) atoms. The third kappa shape index (κ3) is 4.87. The third-order valence-corrected chi connectivity index (χ3v) is 7.73. The number of nitrogens with zero attached hydrogens (tertiary/aromatic N) is 6. The molecule has 1 fully saturated rings. The van der Waals surface area contributed by atoms with Crippen LogP contribution < -0.4 is 10.5 Å². The van der Waals surface area contributed by atoms with E-state index in [1.165, 1.54) is 12.1 Å². The summed E-state index contributed by atoms with van der Waals surface area (Å²) >= 11 is 0. The predicted octanol–water partition coefficient (Wildman–Crippen LogP) is 4.89. The molecule has 1 aliphatic heterocycles. The molecule has 7 nitrogen and oxygen atoms in total. The van der Waals surface area contributed by atoms with Crippen LogP contribution >= 0.6 is 0 Å². The molecule has 1 aliphatic rings. The molecule has 0 saturated carbocycles. The Bertz CT molecular complexity index is 1650. The second-order valence-corrected chi connectivity index (χ2v) is 10.1. The fourth-order valence-electron chi connectivity index (χ4n) is 5.62. The lowest BCUT2D eigenvalue weighted by Crippen LogP contribution is -2.58. The first-order valence-corrected chi connectivity index (χ1v) is 13.0. The number of benzene rings is 2. The Hall–Kier alpha value is -4.53. The van der Waals surface area contributed by atoms with Crippen LogP contribution in [0.2, 0.25) is 0 Å². The summed E-state index contributed by atoms with van der Waals surface area (Å²) in [7, 11) is 1.71. The molecule has 2 aromatic carbocycles. The van der Waals surface area contributed by atoms with Crippen molar-refractivity contribution in [3.05, 3.63) is 105 Å². The van der Waals surface area contributed by atoms with Crippen molar-refractivity contribution in [3.63, 3.8) is 0 Å². The minimum absolute atomic E-state index is 0.0526. The molecule has 4 aromatic rings. The third-order valence-electron chi connectivity index (χ3n) is 7.73. The van der Waals surface area contributed by atoms with Crippen LogP contribution in [0.25, 0.3) is 11.0 Å². The van der Waals surface area contributed by atoms with E-state index in [4.69, 9.17) is 0 Å². The maximum absolute atomic E-state index is 13.9. The lowest BCUT2D eigenvalue weighted by molar-refractivity contribution is 0.124. The minimum Gasteiger partial charge on any atom is -0.364 e. The standard InChI is InChI=1S/C31H29FN6O/c1-4-26-19-37(31(23-9-11-24(32)12-10-23)22-7-5-21(16-33)6-8-22)20(2)18-38(26)28-15-29(39)36(3)27-14-13-25(17-34)35-30(27)28/h5-15,20,26,31H,4,18-19H2,1-3H3/t20-,26+,31?/m1/s1. The Morgan fingerprint density at radius 3 is 2.28 bits per heavy atom. The molecule has 0 amide bonds. The summed E-state index contributed by atoms with van der Waals surface area (Å²) in [6, 6.07) is 23.5. The van der Waals surface area contributed by atoms with Crippen molar-refractivity contribution in [2.24, 2.45) is 7.05 Å². The number of anilines is 1. The smallest absolute Gasteiger partial charge is 0.252 e. The summed E-state index contributed by atoms with van der Waals surface area (Å²) in [6.45, 7) is 5.59. The molecule has 0 N–H and O–H groups in total. The molecule has 1 unspecified atom stereocenters. The van der Waals surface area contributed by atoms with Gasteiger partial charge in [-0.3, -0.25) is 9.69 Å². The molecular formula is C31H29FN6O. The lowest BCUT2D eigenvalue weighted by Gasteiger charge is -2.49. The fraction of sp³-hybridized carbons (Fsp3) is 0.290. The van der Waals surface area contributed by atoms with E-state index in [2.05, 4.69) is 40.8 Å². The molecule has 2 aromatic heterocycles. The number of halogens is 1. The fourth-order valence-corrected chi connectivity index (χ4v) is 5.62. The summed E-state index contributed by atoms with van der Waals surface area (Å²) in [6.07, 6.45) is 0.821. The van der Waals surface area contributed by atoms with Gasteiger partial charge in [-0.15, -0.1) is 0 Å². The van der Waals surface area contributed by atoms with Gasteiger partial charge in [0.25, 0.3) is 5.56 Å². The molecule has 3 heterocycles. The molecule has 196 valence electrons. The molecule has 1 saturated heterocycles. The maximum Gasteiger partial charge on any atom is 0.252 e. The van der Waals surface area contributed by atoms with Crippen molar-refractivity contribution in [1.29, 1.82) is 10.5 Å².